The summed E-state index contributed by atoms with van der Waals surface area (Å²) < 4.78 is 0. The van der Waals surface area contributed by atoms with Gasteiger partial charge in [-0.1, -0.05) is 35.9 Å². The van der Waals surface area contributed by atoms with Gasteiger partial charge in [-0.25, -0.2) is 0 Å². The van der Waals surface area contributed by atoms with Crippen molar-refractivity contribution >= 4 is 17.5 Å². The average Bonchev–Trinajstić information content (AvgIpc) is 2.56. The van der Waals surface area contributed by atoms with Gasteiger partial charge in [0.05, 0.1) is 6.04 Å². The molecule has 3 rings (SSSR count). The molecule has 2 aromatic carbocycles. The molecule has 2 aromatic rings. The first-order chi connectivity index (χ1) is 12.2. The molecule has 0 radical (unpaired) electrons. The van der Waals surface area contributed by atoms with Crippen molar-refractivity contribution in [2.75, 3.05) is 0 Å². The topological polar surface area (TPSA) is 52.6 Å². The van der Waals surface area contributed by atoms with Gasteiger partial charge in [0.1, 0.15) is 5.75 Å². The molecule has 1 unspecified atom stereocenters. The van der Waals surface area contributed by atoms with Crippen LogP contribution in [0.2, 0.25) is 5.02 Å². The highest BCUT2D eigenvalue weighted by Gasteiger charge is 2.33. The highest BCUT2D eigenvalue weighted by molar-refractivity contribution is 6.30. The van der Waals surface area contributed by atoms with Crippen LogP contribution in [0.4, 0.5) is 0 Å². The van der Waals surface area contributed by atoms with Gasteiger partial charge in [-0.2, -0.15) is 0 Å². The normalized spacial score (nSPS) is 17.6. The summed E-state index contributed by atoms with van der Waals surface area (Å²) in [4.78, 5) is 15.0. The smallest absolute Gasteiger partial charge is 0.238 e. The molecule has 0 bridgehead atoms. The number of aromatic hydroxyl groups is 1. The van der Waals surface area contributed by atoms with Crippen molar-refractivity contribution in [3.8, 4) is 5.75 Å². The minimum Gasteiger partial charge on any atom is -0.508 e. The van der Waals surface area contributed by atoms with Crippen LogP contribution < -0.4 is 5.32 Å². The number of hydrogen-bond acceptors (Lipinski definition) is 3. The molecule has 2 N–H and O–H groups in total. The molecule has 1 aliphatic rings. The van der Waals surface area contributed by atoms with Gasteiger partial charge in [-0.05, 0) is 56.5 Å². The van der Waals surface area contributed by atoms with E-state index in [1.807, 2.05) is 32.9 Å². The summed E-state index contributed by atoms with van der Waals surface area (Å²) in [6.45, 7) is 7.06. The van der Waals surface area contributed by atoms with E-state index in [0.29, 0.717) is 24.5 Å². The summed E-state index contributed by atoms with van der Waals surface area (Å²) in [5, 5.41) is 13.9. The van der Waals surface area contributed by atoms with E-state index in [2.05, 4.69) is 22.3 Å². The van der Waals surface area contributed by atoms with E-state index >= 15 is 0 Å². The number of nitrogens with zero attached hydrogens (tertiary/aromatic N) is 1. The molecule has 26 heavy (non-hydrogen) atoms. The van der Waals surface area contributed by atoms with E-state index in [-0.39, 0.29) is 23.2 Å². The van der Waals surface area contributed by atoms with Gasteiger partial charge >= 0.3 is 0 Å². The molecule has 4 nitrogen and oxygen atoms in total. The van der Waals surface area contributed by atoms with Crippen molar-refractivity contribution in [3.63, 3.8) is 0 Å². The lowest BCUT2D eigenvalue weighted by atomic mass is 9.92. The fourth-order valence-electron chi connectivity index (χ4n) is 3.35. The van der Waals surface area contributed by atoms with Crippen LogP contribution >= 0.6 is 11.6 Å². The molecule has 0 aromatic heterocycles. The Morgan fingerprint density at radius 3 is 2.62 bits per heavy atom. The van der Waals surface area contributed by atoms with Crippen LogP contribution in [0.1, 0.15) is 37.5 Å². The third-order valence-electron chi connectivity index (χ3n) is 4.56. The monoisotopic (exact) mass is 372 g/mol. The van der Waals surface area contributed by atoms with Crippen molar-refractivity contribution in [1.82, 2.24) is 10.2 Å². The highest BCUT2D eigenvalue weighted by atomic mass is 35.5. The molecule has 138 valence electrons. The first-order valence-electron chi connectivity index (χ1n) is 8.83. The standard InChI is InChI=1S/C21H25ClN2O2/c1-21(2,3)23-20(26)18-11-14-6-4-5-7-15(14)12-24(18)13-16-10-17(22)8-9-19(16)25/h4-10,18,25H,11-13H2,1-3H3,(H,23,26). The van der Waals surface area contributed by atoms with E-state index < -0.39 is 0 Å². The van der Waals surface area contributed by atoms with Crippen molar-refractivity contribution < 1.29 is 9.90 Å². The van der Waals surface area contributed by atoms with Crippen LogP contribution in [0.5, 0.6) is 5.75 Å². The molecule has 1 heterocycles. The number of nitrogens with one attached hydrogen (secondary N) is 1. The highest BCUT2D eigenvalue weighted by Crippen LogP contribution is 2.29. The molecule has 1 aliphatic heterocycles. The molecular weight excluding hydrogens is 348 g/mol. The predicted molar refractivity (Wildman–Crippen MR) is 104 cm³/mol. The Labute approximate surface area is 159 Å². The summed E-state index contributed by atoms with van der Waals surface area (Å²) >= 11 is 6.09. The average molecular weight is 373 g/mol. The zero-order valence-electron chi connectivity index (χ0n) is 15.4. The zero-order chi connectivity index (χ0) is 18.9. The molecule has 0 fully saturated rings. The molecule has 0 saturated heterocycles. The molecule has 0 saturated carbocycles. The van der Waals surface area contributed by atoms with Crippen LogP contribution in [0.15, 0.2) is 42.5 Å². The summed E-state index contributed by atoms with van der Waals surface area (Å²) in [6.07, 6.45) is 0.652. The SMILES string of the molecule is CC(C)(C)NC(=O)C1Cc2ccccc2CN1Cc1cc(Cl)ccc1O. The maximum atomic E-state index is 12.9. The van der Waals surface area contributed by atoms with Gasteiger partial charge in [0.25, 0.3) is 0 Å². The van der Waals surface area contributed by atoms with Crippen LogP contribution in [0, 0.1) is 0 Å². The predicted octanol–water partition coefficient (Wildman–Crippen LogP) is 3.89. The third kappa shape index (κ3) is 4.37. The van der Waals surface area contributed by atoms with Crippen LogP contribution in [0.3, 0.4) is 0 Å². The lowest BCUT2D eigenvalue weighted by Gasteiger charge is -2.37. The Kier molecular flexibility index (Phi) is 5.26. The molecule has 0 spiro atoms. The number of amides is 1. The number of fused-ring (bicyclic) bond motifs is 1. The number of carbonyl (C=O) groups is 1. The Balaban J connectivity index is 1.90. The third-order valence-corrected chi connectivity index (χ3v) is 4.80. The van der Waals surface area contributed by atoms with Crippen molar-refractivity contribution in [3.05, 3.63) is 64.2 Å². The van der Waals surface area contributed by atoms with Gasteiger partial charge in [-0.3, -0.25) is 9.69 Å². The fraction of sp³-hybridized carbons (Fsp3) is 0.381. The first kappa shape index (κ1) is 18.7. The van der Waals surface area contributed by atoms with E-state index in [1.54, 1.807) is 18.2 Å². The Morgan fingerprint density at radius 1 is 1.23 bits per heavy atom. The fourth-order valence-corrected chi connectivity index (χ4v) is 3.55. The van der Waals surface area contributed by atoms with E-state index in [0.717, 1.165) is 5.56 Å². The largest absolute Gasteiger partial charge is 0.508 e. The van der Waals surface area contributed by atoms with Gasteiger partial charge in [-0.15, -0.1) is 0 Å². The second kappa shape index (κ2) is 7.29. The molecule has 1 atom stereocenters. The summed E-state index contributed by atoms with van der Waals surface area (Å²) in [5.41, 5.74) is 2.85. The van der Waals surface area contributed by atoms with Crippen molar-refractivity contribution in [1.29, 1.82) is 0 Å². The lowest BCUT2D eigenvalue weighted by molar-refractivity contribution is -0.128. The lowest BCUT2D eigenvalue weighted by Crippen LogP contribution is -2.54. The van der Waals surface area contributed by atoms with Crippen LogP contribution in [-0.2, 0) is 24.3 Å². The summed E-state index contributed by atoms with van der Waals surface area (Å²) in [7, 11) is 0. The van der Waals surface area contributed by atoms with Gasteiger partial charge < -0.3 is 10.4 Å². The Hall–Kier alpha value is -2.04. The summed E-state index contributed by atoms with van der Waals surface area (Å²) in [5.74, 6) is 0.205. The maximum absolute atomic E-state index is 12.9. The van der Waals surface area contributed by atoms with Gasteiger partial charge in [0.15, 0.2) is 0 Å². The minimum absolute atomic E-state index is 0.00789. The minimum atomic E-state index is -0.294. The van der Waals surface area contributed by atoms with E-state index in [4.69, 9.17) is 11.6 Å². The Bertz CT molecular complexity index is 814. The Morgan fingerprint density at radius 2 is 1.92 bits per heavy atom. The molecule has 5 heteroatoms. The van der Waals surface area contributed by atoms with Crippen LogP contribution in [-0.4, -0.2) is 27.5 Å². The summed E-state index contributed by atoms with van der Waals surface area (Å²) in [6, 6.07) is 12.9. The second-order valence-electron chi connectivity index (χ2n) is 7.91. The van der Waals surface area contributed by atoms with Crippen molar-refractivity contribution in [2.45, 2.75) is 51.9 Å². The van der Waals surface area contributed by atoms with E-state index in [9.17, 15) is 9.90 Å². The van der Waals surface area contributed by atoms with E-state index in [1.165, 1.54) is 11.1 Å². The maximum Gasteiger partial charge on any atom is 0.238 e. The number of halogens is 1. The van der Waals surface area contributed by atoms with Crippen LogP contribution in [0.25, 0.3) is 0 Å². The number of phenolic OH excluding ortho intramolecular Hbond substituents is 1. The molecule has 0 aliphatic carbocycles. The number of hydrogen-bond donors (Lipinski definition) is 2. The number of benzene rings is 2. The first-order valence-corrected chi connectivity index (χ1v) is 9.21. The molecule has 1 amide bonds. The number of phenols is 1. The van der Waals surface area contributed by atoms with Gasteiger partial charge in [0, 0.05) is 29.2 Å². The second-order valence-corrected chi connectivity index (χ2v) is 8.34. The molecular formula is C21H25ClN2O2. The zero-order valence-corrected chi connectivity index (χ0v) is 16.2. The van der Waals surface area contributed by atoms with Crippen molar-refractivity contribution in [2.24, 2.45) is 0 Å². The quantitative estimate of drug-likeness (QED) is 0.859. The van der Waals surface area contributed by atoms with Gasteiger partial charge in [0.2, 0.25) is 5.91 Å². The number of rotatable bonds is 3. The number of carbonyl (C=O) groups excluding carboxylic acids is 1.